The average Bonchev–Trinajstić information content (AvgIpc) is 3.04. The van der Waals surface area contributed by atoms with E-state index in [1.54, 1.807) is 12.1 Å². The summed E-state index contributed by atoms with van der Waals surface area (Å²) in [4.78, 5) is 24.2. The van der Waals surface area contributed by atoms with Crippen LogP contribution < -0.4 is 5.32 Å². The first-order chi connectivity index (χ1) is 11.1. The third-order valence-corrected chi connectivity index (χ3v) is 3.72. The third-order valence-electron chi connectivity index (χ3n) is 2.65. The normalized spacial score (nSPS) is 10.3. The number of anilines is 1. The van der Waals surface area contributed by atoms with E-state index in [4.69, 9.17) is 21.6 Å². The quantitative estimate of drug-likeness (QED) is 0.664. The van der Waals surface area contributed by atoms with Crippen LogP contribution in [0.15, 0.2) is 41.8 Å². The van der Waals surface area contributed by atoms with E-state index in [1.165, 1.54) is 29.5 Å². The smallest absolute Gasteiger partial charge is 0.331 e. The van der Waals surface area contributed by atoms with Crippen molar-refractivity contribution in [2.45, 2.75) is 0 Å². The summed E-state index contributed by atoms with van der Waals surface area (Å²) < 4.78 is 4.83. The molecule has 1 heterocycles. The second-order valence-corrected chi connectivity index (χ2v) is 5.72. The van der Waals surface area contributed by atoms with Gasteiger partial charge in [-0.1, -0.05) is 17.7 Å². The molecule has 0 unspecified atom stereocenters. The van der Waals surface area contributed by atoms with E-state index < -0.39 is 18.5 Å². The molecule has 0 saturated heterocycles. The van der Waals surface area contributed by atoms with Crippen LogP contribution in [0.5, 0.6) is 0 Å². The molecule has 1 N–H and O–H groups in total. The monoisotopic (exact) mass is 346 g/mol. The van der Waals surface area contributed by atoms with Crippen LogP contribution in [0.2, 0.25) is 5.02 Å². The fraction of sp³-hybridized carbons (Fsp3) is 0.0625. The first kappa shape index (κ1) is 16.7. The van der Waals surface area contributed by atoms with Gasteiger partial charge in [-0.15, -0.1) is 11.3 Å². The Morgan fingerprint density at radius 1 is 1.39 bits per heavy atom. The molecule has 1 aromatic carbocycles. The molecule has 2 aromatic rings. The molecule has 7 heteroatoms. The van der Waals surface area contributed by atoms with Crippen LogP contribution in [0.3, 0.4) is 0 Å². The highest BCUT2D eigenvalue weighted by Gasteiger charge is 2.09. The molecule has 0 aliphatic carbocycles. The molecule has 0 atom stereocenters. The molecular formula is C16H11ClN2O3S. The summed E-state index contributed by atoms with van der Waals surface area (Å²) in [5.41, 5.74) is 0.543. The van der Waals surface area contributed by atoms with Crippen LogP contribution in [-0.4, -0.2) is 18.5 Å². The van der Waals surface area contributed by atoms with Crippen LogP contribution in [0.1, 0.15) is 10.4 Å². The molecule has 0 radical (unpaired) electrons. The number of nitrogens with one attached hydrogen (secondary N) is 1. The van der Waals surface area contributed by atoms with Gasteiger partial charge in [-0.05, 0) is 35.7 Å². The second kappa shape index (κ2) is 8.13. The number of hydrogen-bond acceptors (Lipinski definition) is 5. The SMILES string of the molecule is N#Cc1ccc(Cl)cc1NC(=O)COC(=O)C=Cc1cccs1. The molecular weight excluding hydrogens is 336 g/mol. The number of benzene rings is 1. The highest BCUT2D eigenvalue weighted by atomic mass is 35.5. The van der Waals surface area contributed by atoms with Gasteiger partial charge >= 0.3 is 5.97 Å². The summed E-state index contributed by atoms with van der Waals surface area (Å²) in [6, 6.07) is 10.1. The zero-order valence-corrected chi connectivity index (χ0v) is 13.4. The lowest BCUT2D eigenvalue weighted by atomic mass is 10.2. The number of nitrogens with zero attached hydrogens (tertiary/aromatic N) is 1. The Hall–Kier alpha value is -2.62. The van der Waals surface area contributed by atoms with Crippen molar-refractivity contribution >= 4 is 46.6 Å². The number of ether oxygens (including phenoxy) is 1. The number of halogens is 1. The molecule has 0 spiro atoms. The van der Waals surface area contributed by atoms with Crippen molar-refractivity contribution in [2.75, 3.05) is 11.9 Å². The predicted octanol–water partition coefficient (Wildman–Crippen LogP) is 3.47. The summed E-state index contributed by atoms with van der Waals surface area (Å²) >= 11 is 7.30. The van der Waals surface area contributed by atoms with Crippen molar-refractivity contribution in [2.24, 2.45) is 0 Å². The van der Waals surface area contributed by atoms with E-state index >= 15 is 0 Å². The Morgan fingerprint density at radius 2 is 2.22 bits per heavy atom. The van der Waals surface area contributed by atoms with Crippen LogP contribution >= 0.6 is 22.9 Å². The van der Waals surface area contributed by atoms with Crippen molar-refractivity contribution in [1.82, 2.24) is 0 Å². The minimum Gasteiger partial charge on any atom is -0.452 e. The van der Waals surface area contributed by atoms with Gasteiger partial charge in [0.1, 0.15) is 6.07 Å². The number of thiophene rings is 1. The van der Waals surface area contributed by atoms with Crippen molar-refractivity contribution in [3.05, 3.63) is 57.3 Å². The Kier molecular flexibility index (Phi) is 5.92. The standard InChI is InChI=1S/C16H11ClN2O3S/c17-12-4-3-11(9-18)14(8-12)19-15(20)10-22-16(21)6-5-13-2-1-7-23-13/h1-8H,10H2,(H,19,20). The average molecular weight is 347 g/mol. The van der Waals surface area contributed by atoms with E-state index in [0.29, 0.717) is 5.02 Å². The van der Waals surface area contributed by atoms with E-state index in [0.717, 1.165) is 4.88 Å². The Labute approximate surface area is 141 Å². The summed E-state index contributed by atoms with van der Waals surface area (Å²) in [5.74, 6) is -1.18. The van der Waals surface area contributed by atoms with Gasteiger partial charge < -0.3 is 10.1 Å². The third kappa shape index (κ3) is 5.25. The molecule has 0 saturated carbocycles. The van der Waals surface area contributed by atoms with Crippen molar-refractivity contribution in [3.8, 4) is 6.07 Å². The Bertz CT molecular complexity index is 779. The van der Waals surface area contributed by atoms with Gasteiger partial charge in [-0.25, -0.2) is 4.79 Å². The second-order valence-electron chi connectivity index (χ2n) is 4.31. The summed E-state index contributed by atoms with van der Waals surface area (Å²) in [5, 5.41) is 13.7. The fourth-order valence-electron chi connectivity index (χ4n) is 1.62. The Morgan fingerprint density at radius 3 is 2.91 bits per heavy atom. The number of esters is 1. The maximum atomic E-state index is 11.8. The lowest BCUT2D eigenvalue weighted by Crippen LogP contribution is -2.20. The van der Waals surface area contributed by atoms with Gasteiger partial charge in [0.15, 0.2) is 6.61 Å². The van der Waals surface area contributed by atoms with E-state index in [2.05, 4.69) is 5.32 Å². The van der Waals surface area contributed by atoms with Crippen molar-refractivity contribution in [1.29, 1.82) is 5.26 Å². The van der Waals surface area contributed by atoms with Crippen LogP contribution in [0, 0.1) is 11.3 Å². The van der Waals surface area contributed by atoms with Gasteiger partial charge in [0, 0.05) is 16.0 Å². The van der Waals surface area contributed by atoms with Crippen molar-refractivity contribution < 1.29 is 14.3 Å². The minimum atomic E-state index is -0.625. The molecule has 0 fully saturated rings. The maximum Gasteiger partial charge on any atom is 0.331 e. The lowest BCUT2D eigenvalue weighted by molar-refractivity contribution is -0.142. The molecule has 2 rings (SSSR count). The van der Waals surface area contributed by atoms with E-state index in [9.17, 15) is 9.59 Å². The molecule has 1 aromatic heterocycles. The number of amides is 1. The van der Waals surface area contributed by atoms with Crippen LogP contribution in [0.25, 0.3) is 6.08 Å². The van der Waals surface area contributed by atoms with E-state index in [-0.39, 0.29) is 11.3 Å². The molecule has 5 nitrogen and oxygen atoms in total. The van der Waals surface area contributed by atoms with Gasteiger partial charge in [-0.3, -0.25) is 4.79 Å². The first-order valence-electron chi connectivity index (χ1n) is 6.46. The van der Waals surface area contributed by atoms with Gasteiger partial charge in [0.05, 0.1) is 11.3 Å². The first-order valence-corrected chi connectivity index (χ1v) is 7.72. The van der Waals surface area contributed by atoms with Gasteiger partial charge in [0.2, 0.25) is 0 Å². The van der Waals surface area contributed by atoms with Crippen molar-refractivity contribution in [3.63, 3.8) is 0 Å². The molecule has 0 bridgehead atoms. The largest absolute Gasteiger partial charge is 0.452 e. The van der Waals surface area contributed by atoms with Gasteiger partial charge in [0.25, 0.3) is 5.91 Å². The molecule has 0 aliphatic rings. The highest BCUT2D eigenvalue weighted by molar-refractivity contribution is 7.10. The molecule has 0 aliphatic heterocycles. The maximum absolute atomic E-state index is 11.8. The van der Waals surface area contributed by atoms with E-state index in [1.807, 2.05) is 23.6 Å². The summed E-state index contributed by atoms with van der Waals surface area (Å²) in [6.07, 6.45) is 2.86. The zero-order chi connectivity index (χ0) is 16.7. The van der Waals surface area contributed by atoms with Gasteiger partial charge in [-0.2, -0.15) is 5.26 Å². The summed E-state index contributed by atoms with van der Waals surface area (Å²) in [6.45, 7) is -0.453. The number of rotatable bonds is 5. The Balaban J connectivity index is 1.87. The zero-order valence-electron chi connectivity index (χ0n) is 11.8. The van der Waals surface area contributed by atoms with Crippen LogP contribution in [0.4, 0.5) is 5.69 Å². The lowest BCUT2D eigenvalue weighted by Gasteiger charge is -2.07. The minimum absolute atomic E-state index is 0.270. The highest BCUT2D eigenvalue weighted by Crippen LogP contribution is 2.20. The fourth-order valence-corrected chi connectivity index (χ4v) is 2.41. The molecule has 23 heavy (non-hydrogen) atoms. The number of hydrogen-bond donors (Lipinski definition) is 1. The number of carbonyl (C=O) groups is 2. The number of carbonyl (C=O) groups excluding carboxylic acids is 2. The molecule has 1 amide bonds. The molecule has 116 valence electrons. The van der Waals surface area contributed by atoms with Crippen LogP contribution in [-0.2, 0) is 14.3 Å². The topological polar surface area (TPSA) is 79.2 Å². The number of nitriles is 1. The predicted molar refractivity (Wildman–Crippen MR) is 89.1 cm³/mol. The summed E-state index contributed by atoms with van der Waals surface area (Å²) in [7, 11) is 0.